The van der Waals surface area contributed by atoms with Crippen molar-refractivity contribution in [1.82, 2.24) is 10.2 Å². The number of aliphatic carboxylic acids is 1. The molecule has 186 valence electrons. The highest BCUT2D eigenvalue weighted by molar-refractivity contribution is 8.04. The Kier molecular flexibility index (Phi) is 6.95. The van der Waals surface area contributed by atoms with Gasteiger partial charge in [0.1, 0.15) is 22.6 Å². The van der Waals surface area contributed by atoms with Gasteiger partial charge in [0.05, 0.1) is 10.6 Å². The fraction of sp³-hybridized carbons (Fsp3) is 0.250. The number of β-lactam (4-membered cyclic amide) rings is 1. The van der Waals surface area contributed by atoms with E-state index in [4.69, 9.17) is 0 Å². The number of thiophene rings is 1. The number of nitrogens with one attached hydrogen (secondary N) is 1. The smallest absolute Gasteiger partial charge is 0.316 e. The van der Waals surface area contributed by atoms with Crippen LogP contribution in [-0.2, 0) is 20.8 Å². The van der Waals surface area contributed by atoms with Crippen molar-refractivity contribution in [2.75, 3.05) is 12.3 Å². The number of carbonyl (C=O) groups is 3. The molecule has 2 aliphatic rings. The average molecular weight is 563 g/mol. The van der Waals surface area contributed by atoms with Gasteiger partial charge in [-0.15, -0.1) is 34.4 Å². The lowest BCUT2D eigenvalue weighted by Gasteiger charge is -2.53. The molecular formula is C24H19FN2O5S4. The molecule has 36 heavy (non-hydrogen) atoms. The molecule has 4 heterocycles. The molecule has 0 radical (unpaired) electrons. The minimum absolute atomic E-state index is 0.00759. The summed E-state index contributed by atoms with van der Waals surface area (Å²) in [5.41, 5.74) is -1.54. The Morgan fingerprint density at radius 3 is 2.86 bits per heavy atom. The summed E-state index contributed by atoms with van der Waals surface area (Å²) in [5, 5.41) is 16.4. The summed E-state index contributed by atoms with van der Waals surface area (Å²) >= 11 is 5.22. The molecule has 2 unspecified atom stereocenters. The van der Waals surface area contributed by atoms with Gasteiger partial charge in [0, 0.05) is 33.3 Å². The predicted octanol–water partition coefficient (Wildman–Crippen LogP) is 3.78. The van der Waals surface area contributed by atoms with E-state index in [0.717, 1.165) is 4.88 Å². The highest BCUT2D eigenvalue weighted by Gasteiger charge is 2.56. The quantitative estimate of drug-likeness (QED) is 0.334. The van der Waals surface area contributed by atoms with Gasteiger partial charge in [-0.25, -0.2) is 4.39 Å². The number of rotatable bonds is 7. The molecular weight excluding hydrogens is 544 g/mol. The first-order valence-corrected chi connectivity index (χ1v) is 14.4. The van der Waals surface area contributed by atoms with Crippen molar-refractivity contribution >= 4 is 74.1 Å². The molecule has 12 heteroatoms. The second-order valence-electron chi connectivity index (χ2n) is 8.42. The van der Waals surface area contributed by atoms with Gasteiger partial charge >= 0.3 is 5.97 Å². The number of hydrogen-bond donors (Lipinski definition) is 2. The number of hydrogen-bond acceptors (Lipinski definition) is 8. The number of thioether (sulfide) groups is 2. The van der Waals surface area contributed by atoms with Crippen LogP contribution >= 0.6 is 46.2 Å². The van der Waals surface area contributed by atoms with E-state index in [9.17, 15) is 28.7 Å². The molecule has 1 aromatic carbocycles. The van der Waals surface area contributed by atoms with Gasteiger partial charge in [-0.2, -0.15) is 0 Å². The molecule has 3 atom stereocenters. The fourth-order valence-corrected chi connectivity index (χ4v) is 8.41. The summed E-state index contributed by atoms with van der Waals surface area (Å²) in [6, 6.07) is 8.49. The number of fused-ring (bicyclic) bond motifs is 2. The van der Waals surface area contributed by atoms with Gasteiger partial charge in [0.25, 0.3) is 0 Å². The van der Waals surface area contributed by atoms with Crippen LogP contribution in [-0.4, -0.2) is 51.5 Å². The maximum Gasteiger partial charge on any atom is 0.316 e. The van der Waals surface area contributed by atoms with E-state index >= 15 is 0 Å². The third kappa shape index (κ3) is 4.82. The number of carbonyl (C=O) groups excluding carboxylic acids is 2. The van der Waals surface area contributed by atoms with Crippen molar-refractivity contribution in [2.45, 2.75) is 22.0 Å². The van der Waals surface area contributed by atoms with Crippen LogP contribution in [0.4, 0.5) is 4.39 Å². The lowest BCUT2D eigenvalue weighted by Crippen LogP contribution is -2.73. The Balaban J connectivity index is 1.25. The van der Waals surface area contributed by atoms with Crippen LogP contribution in [0.3, 0.4) is 0 Å². The number of halogens is 1. The Morgan fingerprint density at radius 2 is 2.11 bits per heavy atom. The molecule has 2 aliphatic heterocycles. The highest BCUT2D eigenvalue weighted by Crippen LogP contribution is 2.43. The number of amides is 2. The lowest BCUT2D eigenvalue weighted by molar-refractivity contribution is -0.156. The molecule has 0 spiro atoms. The van der Waals surface area contributed by atoms with Crippen LogP contribution in [0.25, 0.3) is 10.1 Å². The van der Waals surface area contributed by atoms with Gasteiger partial charge < -0.3 is 15.3 Å². The van der Waals surface area contributed by atoms with Crippen LogP contribution in [0.5, 0.6) is 0 Å². The summed E-state index contributed by atoms with van der Waals surface area (Å²) < 4.78 is 14.7. The van der Waals surface area contributed by atoms with Gasteiger partial charge in [0.15, 0.2) is 5.43 Å². The Bertz CT molecular complexity index is 1440. The van der Waals surface area contributed by atoms with Gasteiger partial charge in [0.2, 0.25) is 11.8 Å². The molecule has 0 saturated carbocycles. The minimum atomic E-state index is -1.30. The first-order chi connectivity index (χ1) is 17.3. The van der Waals surface area contributed by atoms with E-state index in [1.807, 2.05) is 17.5 Å². The van der Waals surface area contributed by atoms with Gasteiger partial charge in [-0.1, -0.05) is 23.9 Å². The Hall–Kier alpha value is -2.67. The summed E-state index contributed by atoms with van der Waals surface area (Å²) in [7, 11) is 0. The predicted molar refractivity (Wildman–Crippen MR) is 141 cm³/mol. The Morgan fingerprint density at radius 1 is 1.28 bits per heavy atom. The topological polar surface area (TPSA) is 104 Å². The van der Waals surface area contributed by atoms with Crippen LogP contribution in [0, 0.1) is 11.2 Å². The van der Waals surface area contributed by atoms with E-state index in [1.165, 1.54) is 75.4 Å². The van der Waals surface area contributed by atoms with Crippen molar-refractivity contribution in [3.05, 3.63) is 74.2 Å². The maximum absolute atomic E-state index is 13.6. The Labute approximate surface area is 221 Å². The van der Waals surface area contributed by atoms with Gasteiger partial charge in [-0.05, 0) is 35.1 Å². The SMILES string of the molecule is O=C(Cc1cccs1)NC1C(=O)N2CC(C=CSc3cc(=O)c4ccc(F)cc4s3)(C(=O)O)CS[C@H]12. The van der Waals surface area contributed by atoms with Crippen molar-refractivity contribution in [3.8, 4) is 0 Å². The zero-order chi connectivity index (χ0) is 25.4. The molecule has 7 nitrogen and oxygen atoms in total. The number of carboxylic acid groups (broad SMARTS) is 1. The summed E-state index contributed by atoms with van der Waals surface area (Å²) in [6.45, 7) is -0.00759. The summed E-state index contributed by atoms with van der Waals surface area (Å²) in [6.07, 6.45) is 1.75. The van der Waals surface area contributed by atoms with Gasteiger partial charge in [-0.3, -0.25) is 19.2 Å². The fourth-order valence-electron chi connectivity index (χ4n) is 4.09. The van der Waals surface area contributed by atoms with E-state index in [0.29, 0.717) is 14.3 Å². The number of nitrogens with zero attached hydrogens (tertiary/aromatic N) is 1. The third-order valence-electron chi connectivity index (χ3n) is 6.00. The summed E-state index contributed by atoms with van der Waals surface area (Å²) in [5.74, 6) is -1.80. The van der Waals surface area contributed by atoms with Crippen LogP contribution in [0.2, 0.25) is 0 Å². The monoisotopic (exact) mass is 562 g/mol. The normalized spacial score (nSPS) is 23.5. The number of benzene rings is 1. The zero-order valence-electron chi connectivity index (χ0n) is 18.5. The van der Waals surface area contributed by atoms with E-state index in [-0.39, 0.29) is 41.3 Å². The van der Waals surface area contributed by atoms with Crippen LogP contribution in [0.1, 0.15) is 4.88 Å². The molecule has 2 saturated heterocycles. The van der Waals surface area contributed by atoms with E-state index in [1.54, 1.807) is 11.5 Å². The molecule has 2 aromatic heterocycles. The maximum atomic E-state index is 13.6. The second kappa shape index (κ2) is 10.0. The lowest BCUT2D eigenvalue weighted by atomic mass is 9.87. The molecule has 2 N–H and O–H groups in total. The van der Waals surface area contributed by atoms with Crippen molar-refractivity contribution < 1.29 is 23.9 Å². The first-order valence-electron chi connectivity index (χ1n) is 10.8. The summed E-state index contributed by atoms with van der Waals surface area (Å²) in [4.78, 5) is 52.1. The van der Waals surface area contributed by atoms with Crippen molar-refractivity contribution in [2.24, 2.45) is 5.41 Å². The standard InChI is InChI=1S/C24H19FN2O5S4/c25-13-3-4-15-16(28)10-19(36-17(15)8-13)34-7-5-24(23(31)32)11-27-21(30)20(22(27)35-12-24)26-18(29)9-14-2-1-6-33-14/h1-8,10,20,22H,9,11-12H2,(H,26,29)(H,31,32)/t20?,22-,24?/m1/s1. The van der Waals surface area contributed by atoms with E-state index < -0.39 is 23.2 Å². The molecule has 2 fully saturated rings. The molecule has 3 aromatic rings. The van der Waals surface area contributed by atoms with Crippen molar-refractivity contribution in [3.63, 3.8) is 0 Å². The molecule has 5 rings (SSSR count). The first kappa shape index (κ1) is 25.0. The zero-order valence-corrected chi connectivity index (χ0v) is 21.8. The van der Waals surface area contributed by atoms with E-state index in [2.05, 4.69) is 5.32 Å². The molecule has 0 bridgehead atoms. The minimum Gasteiger partial charge on any atom is -0.481 e. The number of carboxylic acids is 1. The average Bonchev–Trinajstić information content (AvgIpc) is 3.35. The second-order valence-corrected chi connectivity index (χ2v) is 12.8. The highest BCUT2D eigenvalue weighted by atomic mass is 32.2. The molecule has 2 amide bonds. The molecule has 0 aliphatic carbocycles. The largest absolute Gasteiger partial charge is 0.481 e. The third-order valence-corrected chi connectivity index (χ3v) is 10.5. The van der Waals surface area contributed by atoms with Crippen LogP contribution in [0.15, 0.2) is 62.3 Å². The van der Waals surface area contributed by atoms with Crippen molar-refractivity contribution in [1.29, 1.82) is 0 Å². The van der Waals surface area contributed by atoms with Crippen LogP contribution < -0.4 is 10.7 Å².